The lowest BCUT2D eigenvalue weighted by Crippen LogP contribution is -2.28. The molecule has 2 rings (SSSR count). The summed E-state index contributed by atoms with van der Waals surface area (Å²) in [5.41, 5.74) is 1.81. The van der Waals surface area contributed by atoms with Crippen LogP contribution in [0.15, 0.2) is 53.0 Å². The van der Waals surface area contributed by atoms with Gasteiger partial charge in [-0.3, -0.25) is 9.59 Å². The van der Waals surface area contributed by atoms with E-state index in [2.05, 4.69) is 26.6 Å². The van der Waals surface area contributed by atoms with Crippen LogP contribution in [0.2, 0.25) is 0 Å². The van der Waals surface area contributed by atoms with E-state index in [9.17, 15) is 14.4 Å². The van der Waals surface area contributed by atoms with Crippen LogP contribution in [0.25, 0.3) is 0 Å². The Balaban J connectivity index is 1.78. The summed E-state index contributed by atoms with van der Waals surface area (Å²) in [6.45, 7) is 1.39. The van der Waals surface area contributed by atoms with Crippen LogP contribution < -0.4 is 10.6 Å². The number of nitrogens with one attached hydrogen (secondary N) is 2. The van der Waals surface area contributed by atoms with Gasteiger partial charge in [-0.1, -0.05) is 28.1 Å². The highest BCUT2D eigenvalue weighted by Gasteiger charge is 2.10. The third-order valence-electron chi connectivity index (χ3n) is 3.15. The number of esters is 1. The molecular weight excluding hydrogens is 388 g/mol. The van der Waals surface area contributed by atoms with E-state index < -0.39 is 5.97 Å². The number of hydrogen-bond donors (Lipinski definition) is 2. The average molecular weight is 405 g/mol. The van der Waals surface area contributed by atoms with Crippen LogP contribution in [0.1, 0.15) is 22.8 Å². The predicted octanol–water partition coefficient (Wildman–Crippen LogP) is 2.88. The predicted molar refractivity (Wildman–Crippen MR) is 97.0 cm³/mol. The van der Waals surface area contributed by atoms with Gasteiger partial charge in [-0.2, -0.15) is 0 Å². The fraction of sp³-hybridized carbons (Fsp3) is 0.167. The number of hydrogen-bond acceptors (Lipinski definition) is 4. The summed E-state index contributed by atoms with van der Waals surface area (Å²) in [6, 6.07) is 13.8. The van der Waals surface area contributed by atoms with Gasteiger partial charge in [-0.25, -0.2) is 4.79 Å². The maximum atomic E-state index is 11.9. The molecule has 130 valence electrons. The van der Waals surface area contributed by atoms with E-state index in [1.54, 1.807) is 12.1 Å². The molecule has 0 unspecified atom stereocenters. The highest BCUT2D eigenvalue weighted by Crippen LogP contribution is 2.12. The summed E-state index contributed by atoms with van der Waals surface area (Å²) in [5, 5.41) is 5.28. The zero-order valence-corrected chi connectivity index (χ0v) is 15.1. The molecule has 2 aromatic rings. The molecular formula is C18H17BrN2O4. The molecule has 0 fully saturated rings. The van der Waals surface area contributed by atoms with Crippen LogP contribution in [-0.2, 0) is 20.9 Å². The van der Waals surface area contributed by atoms with Crippen molar-refractivity contribution in [3.8, 4) is 0 Å². The van der Waals surface area contributed by atoms with E-state index in [1.807, 2.05) is 24.3 Å². The van der Waals surface area contributed by atoms with Crippen molar-refractivity contribution in [3.63, 3.8) is 0 Å². The summed E-state index contributed by atoms with van der Waals surface area (Å²) in [4.78, 5) is 34.6. The minimum Gasteiger partial charge on any atom is -0.452 e. The highest BCUT2D eigenvalue weighted by molar-refractivity contribution is 9.10. The third kappa shape index (κ3) is 6.39. The highest BCUT2D eigenvalue weighted by atomic mass is 79.9. The second kappa shape index (κ2) is 8.98. The van der Waals surface area contributed by atoms with Gasteiger partial charge < -0.3 is 15.4 Å². The average Bonchev–Trinajstić information content (AvgIpc) is 2.58. The van der Waals surface area contributed by atoms with Gasteiger partial charge in [0.15, 0.2) is 6.61 Å². The summed E-state index contributed by atoms with van der Waals surface area (Å²) < 4.78 is 5.90. The summed E-state index contributed by atoms with van der Waals surface area (Å²) in [5.74, 6) is -1.19. The number of anilines is 1. The van der Waals surface area contributed by atoms with Crippen molar-refractivity contribution in [1.82, 2.24) is 5.32 Å². The van der Waals surface area contributed by atoms with E-state index in [-0.39, 0.29) is 18.4 Å². The van der Waals surface area contributed by atoms with Crippen LogP contribution in [0, 0.1) is 0 Å². The smallest absolute Gasteiger partial charge is 0.338 e. The Morgan fingerprint density at radius 3 is 2.44 bits per heavy atom. The number of amides is 2. The van der Waals surface area contributed by atoms with E-state index in [4.69, 9.17) is 4.74 Å². The molecule has 0 radical (unpaired) electrons. The molecule has 0 atom stereocenters. The zero-order chi connectivity index (χ0) is 18.2. The second-order valence-corrected chi connectivity index (χ2v) is 6.16. The van der Waals surface area contributed by atoms with Crippen LogP contribution in [0.5, 0.6) is 0 Å². The van der Waals surface area contributed by atoms with Gasteiger partial charge in [0.1, 0.15) is 0 Å². The molecule has 0 saturated carbocycles. The third-order valence-corrected chi connectivity index (χ3v) is 3.65. The molecule has 25 heavy (non-hydrogen) atoms. The van der Waals surface area contributed by atoms with E-state index in [0.717, 1.165) is 10.0 Å². The molecule has 0 aliphatic heterocycles. The number of benzene rings is 2. The van der Waals surface area contributed by atoms with Crippen LogP contribution >= 0.6 is 15.9 Å². The Hall–Kier alpha value is -2.67. The van der Waals surface area contributed by atoms with Crippen molar-refractivity contribution >= 4 is 39.4 Å². The first kappa shape index (κ1) is 18.7. The van der Waals surface area contributed by atoms with Crippen molar-refractivity contribution in [2.75, 3.05) is 11.9 Å². The molecule has 0 aliphatic carbocycles. The van der Waals surface area contributed by atoms with Crippen molar-refractivity contribution in [2.45, 2.75) is 13.5 Å². The number of halogens is 1. The Morgan fingerprint density at radius 1 is 1.08 bits per heavy atom. The first-order valence-corrected chi connectivity index (χ1v) is 8.29. The van der Waals surface area contributed by atoms with Crippen molar-refractivity contribution in [2.24, 2.45) is 0 Å². The Bertz CT molecular complexity index is 775. The topological polar surface area (TPSA) is 84.5 Å². The van der Waals surface area contributed by atoms with Gasteiger partial charge in [0.05, 0.1) is 5.56 Å². The molecule has 2 N–H and O–H groups in total. The first-order chi connectivity index (χ1) is 11.9. The van der Waals surface area contributed by atoms with Gasteiger partial charge >= 0.3 is 5.97 Å². The lowest BCUT2D eigenvalue weighted by Gasteiger charge is -2.08. The van der Waals surface area contributed by atoms with Gasteiger partial charge in [-0.15, -0.1) is 0 Å². The van der Waals surface area contributed by atoms with Crippen molar-refractivity contribution in [3.05, 3.63) is 64.1 Å². The van der Waals surface area contributed by atoms with E-state index in [1.165, 1.54) is 19.1 Å². The van der Waals surface area contributed by atoms with Crippen molar-refractivity contribution < 1.29 is 19.1 Å². The van der Waals surface area contributed by atoms with Gasteiger partial charge in [0.25, 0.3) is 5.91 Å². The van der Waals surface area contributed by atoms with E-state index >= 15 is 0 Å². The monoisotopic (exact) mass is 404 g/mol. The number of carbonyl (C=O) groups is 3. The lowest BCUT2D eigenvalue weighted by molar-refractivity contribution is -0.124. The molecule has 6 nitrogen and oxygen atoms in total. The normalized spacial score (nSPS) is 10.0. The van der Waals surface area contributed by atoms with E-state index in [0.29, 0.717) is 17.8 Å². The van der Waals surface area contributed by atoms with Gasteiger partial charge in [0.2, 0.25) is 5.91 Å². The van der Waals surface area contributed by atoms with Crippen molar-refractivity contribution in [1.29, 1.82) is 0 Å². The molecule has 7 heteroatoms. The zero-order valence-electron chi connectivity index (χ0n) is 13.5. The molecule has 0 aromatic heterocycles. The number of ether oxygens (including phenoxy) is 1. The fourth-order valence-electron chi connectivity index (χ4n) is 2.01. The maximum Gasteiger partial charge on any atom is 0.338 e. The standard InChI is InChI=1S/C18H17BrN2O4/c1-12(22)21-16-7-5-14(6-8-16)18(24)25-11-17(23)20-10-13-3-2-4-15(19)9-13/h2-9H,10-11H2,1H3,(H,20,23)(H,21,22). The Kier molecular flexibility index (Phi) is 6.71. The molecule has 0 saturated heterocycles. The molecule has 2 aromatic carbocycles. The quantitative estimate of drug-likeness (QED) is 0.724. The minimum atomic E-state index is -0.605. The first-order valence-electron chi connectivity index (χ1n) is 7.50. The SMILES string of the molecule is CC(=O)Nc1ccc(C(=O)OCC(=O)NCc2cccc(Br)c2)cc1. The summed E-state index contributed by atoms with van der Waals surface area (Å²) in [7, 11) is 0. The van der Waals surface area contributed by atoms with Gasteiger partial charge in [-0.05, 0) is 42.0 Å². The van der Waals surface area contributed by atoms with Gasteiger partial charge in [0, 0.05) is 23.6 Å². The van der Waals surface area contributed by atoms with Crippen LogP contribution in [0.3, 0.4) is 0 Å². The van der Waals surface area contributed by atoms with Crippen LogP contribution in [-0.4, -0.2) is 24.4 Å². The molecule has 0 aliphatic rings. The Morgan fingerprint density at radius 2 is 1.80 bits per heavy atom. The lowest BCUT2D eigenvalue weighted by atomic mass is 10.2. The Labute approximate surface area is 153 Å². The number of rotatable bonds is 6. The number of carbonyl (C=O) groups excluding carboxylic acids is 3. The molecule has 0 spiro atoms. The second-order valence-electron chi connectivity index (χ2n) is 5.24. The molecule has 2 amide bonds. The molecule has 0 heterocycles. The summed E-state index contributed by atoms with van der Waals surface area (Å²) >= 11 is 3.36. The fourth-order valence-corrected chi connectivity index (χ4v) is 2.45. The maximum absolute atomic E-state index is 11.9. The largest absolute Gasteiger partial charge is 0.452 e. The minimum absolute atomic E-state index is 0.197. The molecule has 0 bridgehead atoms. The van der Waals surface area contributed by atoms with Crippen LogP contribution in [0.4, 0.5) is 5.69 Å². The summed E-state index contributed by atoms with van der Waals surface area (Å²) in [6.07, 6.45) is 0.